The van der Waals surface area contributed by atoms with Gasteiger partial charge in [0.1, 0.15) is 5.76 Å². The van der Waals surface area contributed by atoms with E-state index in [-0.39, 0.29) is 11.3 Å². The number of anilines is 1. The zero-order valence-corrected chi connectivity index (χ0v) is 19.0. The van der Waals surface area contributed by atoms with Crippen molar-refractivity contribution in [1.82, 2.24) is 0 Å². The lowest BCUT2D eigenvalue weighted by Crippen LogP contribution is -2.29. The Kier molecular flexibility index (Phi) is 5.92. The van der Waals surface area contributed by atoms with E-state index >= 15 is 0 Å². The highest BCUT2D eigenvalue weighted by Crippen LogP contribution is 2.43. The van der Waals surface area contributed by atoms with Crippen molar-refractivity contribution < 1.29 is 24.2 Å². The van der Waals surface area contributed by atoms with Crippen LogP contribution >= 0.6 is 0 Å². The topological polar surface area (TPSA) is 76.1 Å². The summed E-state index contributed by atoms with van der Waals surface area (Å²) in [5, 5.41) is 11.3. The van der Waals surface area contributed by atoms with E-state index in [0.717, 1.165) is 16.7 Å². The number of aliphatic hydroxyl groups excluding tert-OH is 1. The molecule has 1 N–H and O–H groups in total. The lowest BCUT2D eigenvalue weighted by atomic mass is 9.94. The Labute approximate surface area is 192 Å². The quantitative estimate of drug-likeness (QED) is 0.343. The minimum Gasteiger partial charge on any atom is -0.507 e. The molecule has 0 saturated carbocycles. The fraction of sp³-hybridized carbons (Fsp3) is 0.185. The Hall–Kier alpha value is -4.06. The fourth-order valence-corrected chi connectivity index (χ4v) is 4.10. The van der Waals surface area contributed by atoms with Gasteiger partial charge in [-0.05, 0) is 49.7 Å². The smallest absolute Gasteiger partial charge is 0.300 e. The maximum absolute atomic E-state index is 13.3. The first-order valence-corrected chi connectivity index (χ1v) is 10.5. The number of rotatable bonds is 5. The molecule has 0 aromatic heterocycles. The van der Waals surface area contributed by atoms with Crippen LogP contribution in [0.15, 0.2) is 72.3 Å². The molecule has 168 valence electrons. The number of amides is 1. The lowest BCUT2D eigenvalue weighted by molar-refractivity contribution is -0.132. The molecular weight excluding hydrogens is 418 g/mol. The molecule has 6 nitrogen and oxygen atoms in total. The summed E-state index contributed by atoms with van der Waals surface area (Å²) in [6.07, 6.45) is 0. The predicted molar refractivity (Wildman–Crippen MR) is 127 cm³/mol. The van der Waals surface area contributed by atoms with Gasteiger partial charge in [-0.2, -0.15) is 0 Å². The van der Waals surface area contributed by atoms with Crippen molar-refractivity contribution in [2.75, 3.05) is 19.1 Å². The number of ketones is 1. The number of nitrogens with zero attached hydrogens (tertiary/aromatic N) is 1. The summed E-state index contributed by atoms with van der Waals surface area (Å²) < 4.78 is 10.6. The van der Waals surface area contributed by atoms with Crippen LogP contribution in [0, 0.1) is 13.8 Å². The average Bonchev–Trinajstić information content (AvgIpc) is 3.09. The highest BCUT2D eigenvalue weighted by Gasteiger charge is 2.47. The fourth-order valence-electron chi connectivity index (χ4n) is 4.10. The van der Waals surface area contributed by atoms with Gasteiger partial charge >= 0.3 is 0 Å². The summed E-state index contributed by atoms with van der Waals surface area (Å²) in [6.45, 7) is 3.89. The summed E-state index contributed by atoms with van der Waals surface area (Å²) >= 11 is 0. The van der Waals surface area contributed by atoms with Crippen LogP contribution in [0.3, 0.4) is 0 Å². The Balaban J connectivity index is 1.94. The zero-order chi connectivity index (χ0) is 23.7. The molecule has 3 aromatic rings. The van der Waals surface area contributed by atoms with Crippen LogP contribution < -0.4 is 14.4 Å². The molecule has 1 aliphatic rings. The first-order valence-electron chi connectivity index (χ1n) is 10.5. The highest BCUT2D eigenvalue weighted by atomic mass is 16.5. The summed E-state index contributed by atoms with van der Waals surface area (Å²) in [7, 11) is 3.01. The third-order valence-electron chi connectivity index (χ3n) is 5.77. The number of methoxy groups -OCH3 is 2. The van der Waals surface area contributed by atoms with Crippen LogP contribution in [0.1, 0.15) is 28.3 Å². The normalized spacial score (nSPS) is 17.3. The van der Waals surface area contributed by atoms with E-state index in [1.165, 1.54) is 19.1 Å². The Bertz CT molecular complexity index is 1260. The molecule has 0 radical (unpaired) electrons. The molecule has 1 amide bonds. The predicted octanol–water partition coefficient (Wildman–Crippen LogP) is 4.95. The second kappa shape index (κ2) is 8.82. The molecule has 0 aliphatic carbocycles. The van der Waals surface area contributed by atoms with E-state index in [1.54, 1.807) is 30.3 Å². The van der Waals surface area contributed by atoms with Gasteiger partial charge in [-0.3, -0.25) is 14.5 Å². The van der Waals surface area contributed by atoms with Gasteiger partial charge in [-0.1, -0.05) is 47.5 Å². The zero-order valence-electron chi connectivity index (χ0n) is 19.0. The summed E-state index contributed by atoms with van der Waals surface area (Å²) in [5.41, 5.74) is 3.71. The van der Waals surface area contributed by atoms with Gasteiger partial charge < -0.3 is 14.6 Å². The third-order valence-corrected chi connectivity index (χ3v) is 5.77. The number of aryl methyl sites for hydroxylation is 2. The largest absolute Gasteiger partial charge is 0.507 e. The molecular formula is C27H25NO5. The van der Waals surface area contributed by atoms with Crippen molar-refractivity contribution in [1.29, 1.82) is 0 Å². The van der Waals surface area contributed by atoms with Gasteiger partial charge in [0.2, 0.25) is 0 Å². The van der Waals surface area contributed by atoms with Gasteiger partial charge in [0.15, 0.2) is 11.5 Å². The molecule has 3 aromatic carbocycles. The van der Waals surface area contributed by atoms with E-state index in [0.29, 0.717) is 22.7 Å². The number of Topliss-reactive ketones (excluding diaryl/α,β-unsaturated/α-hetero) is 1. The van der Waals surface area contributed by atoms with E-state index in [1.807, 2.05) is 50.2 Å². The molecule has 0 bridgehead atoms. The summed E-state index contributed by atoms with van der Waals surface area (Å²) in [5.74, 6) is -0.803. The van der Waals surface area contributed by atoms with E-state index in [2.05, 4.69) is 0 Å². The monoisotopic (exact) mass is 443 g/mol. The van der Waals surface area contributed by atoms with Crippen LogP contribution in [-0.4, -0.2) is 31.0 Å². The van der Waals surface area contributed by atoms with Crippen molar-refractivity contribution in [2.24, 2.45) is 0 Å². The van der Waals surface area contributed by atoms with Crippen LogP contribution in [-0.2, 0) is 9.59 Å². The number of carbonyl (C=O) groups is 2. The van der Waals surface area contributed by atoms with Gasteiger partial charge in [-0.15, -0.1) is 0 Å². The minimum atomic E-state index is -0.777. The molecule has 1 fully saturated rings. The van der Waals surface area contributed by atoms with Crippen molar-refractivity contribution in [3.63, 3.8) is 0 Å². The third kappa shape index (κ3) is 3.96. The number of benzene rings is 3. The number of aliphatic hydroxyl groups is 1. The van der Waals surface area contributed by atoms with Crippen molar-refractivity contribution in [3.05, 3.63) is 94.6 Å². The molecule has 4 rings (SSSR count). The molecule has 6 heteroatoms. The standard InChI is InChI=1S/C27H25NO5/c1-16-8-11-20(12-9-16)28-24(18-7-5-6-17(2)14-18)23(26(30)27(28)31)25(29)19-10-13-21(32-3)22(15-19)33-4/h5-15,24,29H,1-4H3/b25-23-. The highest BCUT2D eigenvalue weighted by molar-refractivity contribution is 6.51. The minimum absolute atomic E-state index is 0.0263. The molecule has 1 saturated heterocycles. The van der Waals surface area contributed by atoms with Crippen LogP contribution in [0.4, 0.5) is 5.69 Å². The van der Waals surface area contributed by atoms with Gasteiger partial charge in [0.05, 0.1) is 25.8 Å². The first-order chi connectivity index (χ1) is 15.8. The average molecular weight is 443 g/mol. The van der Waals surface area contributed by atoms with Gasteiger partial charge in [0, 0.05) is 11.3 Å². The molecule has 1 atom stereocenters. The van der Waals surface area contributed by atoms with Crippen LogP contribution in [0.25, 0.3) is 5.76 Å². The second-order valence-electron chi connectivity index (χ2n) is 7.99. The van der Waals surface area contributed by atoms with Crippen molar-refractivity contribution in [3.8, 4) is 11.5 Å². The molecule has 1 heterocycles. The molecule has 0 spiro atoms. The molecule has 33 heavy (non-hydrogen) atoms. The number of hydrogen-bond acceptors (Lipinski definition) is 5. The van der Waals surface area contributed by atoms with E-state index in [4.69, 9.17) is 9.47 Å². The van der Waals surface area contributed by atoms with Crippen LogP contribution in [0.2, 0.25) is 0 Å². The first kappa shape index (κ1) is 22.1. The SMILES string of the molecule is COc1ccc(/C(O)=C2/C(=O)C(=O)N(c3ccc(C)cc3)C2c2cccc(C)c2)cc1OC. The Morgan fingerprint density at radius 1 is 0.848 bits per heavy atom. The van der Waals surface area contributed by atoms with E-state index in [9.17, 15) is 14.7 Å². The summed E-state index contributed by atoms with van der Waals surface area (Å²) in [4.78, 5) is 27.9. The maximum Gasteiger partial charge on any atom is 0.300 e. The van der Waals surface area contributed by atoms with Crippen molar-refractivity contribution in [2.45, 2.75) is 19.9 Å². The molecule has 1 unspecified atom stereocenters. The van der Waals surface area contributed by atoms with E-state index < -0.39 is 17.7 Å². The van der Waals surface area contributed by atoms with Gasteiger partial charge in [0.25, 0.3) is 11.7 Å². The second-order valence-corrected chi connectivity index (χ2v) is 7.99. The van der Waals surface area contributed by atoms with Crippen LogP contribution in [0.5, 0.6) is 11.5 Å². The number of ether oxygens (including phenoxy) is 2. The lowest BCUT2D eigenvalue weighted by Gasteiger charge is -2.26. The Morgan fingerprint density at radius 3 is 2.18 bits per heavy atom. The maximum atomic E-state index is 13.3. The summed E-state index contributed by atoms with van der Waals surface area (Å²) in [6, 6.07) is 19.0. The Morgan fingerprint density at radius 2 is 1.55 bits per heavy atom. The van der Waals surface area contributed by atoms with Gasteiger partial charge in [-0.25, -0.2) is 0 Å². The number of carbonyl (C=O) groups excluding carboxylic acids is 2. The van der Waals surface area contributed by atoms with Crippen molar-refractivity contribution >= 4 is 23.1 Å². The molecule has 1 aliphatic heterocycles. The number of hydrogen-bond donors (Lipinski definition) is 1.